The van der Waals surface area contributed by atoms with Crippen LogP contribution in [0.15, 0.2) is 36.8 Å². The molecule has 0 bridgehead atoms. The summed E-state index contributed by atoms with van der Waals surface area (Å²) in [6, 6.07) is 5.86. The highest BCUT2D eigenvalue weighted by Gasteiger charge is 2.07. The van der Waals surface area contributed by atoms with E-state index in [1.165, 1.54) is 18.6 Å². The first-order chi connectivity index (χ1) is 9.72. The van der Waals surface area contributed by atoms with E-state index < -0.39 is 0 Å². The van der Waals surface area contributed by atoms with Gasteiger partial charge in [0.05, 0.1) is 17.2 Å². The number of H-pyrrole nitrogens is 1. The fraction of sp³-hybridized carbons (Fsp3) is 0.143. The lowest BCUT2D eigenvalue weighted by Gasteiger charge is -2.04. The van der Waals surface area contributed by atoms with Crippen LogP contribution in [0.4, 0.5) is 0 Å². The highest BCUT2D eigenvalue weighted by atomic mass is 16.1. The van der Waals surface area contributed by atoms with E-state index in [1.54, 1.807) is 0 Å². The molecule has 0 radical (unpaired) electrons. The second-order valence-electron chi connectivity index (χ2n) is 4.45. The van der Waals surface area contributed by atoms with Gasteiger partial charge in [-0.15, -0.1) is 0 Å². The van der Waals surface area contributed by atoms with Crippen molar-refractivity contribution < 1.29 is 4.79 Å². The number of rotatable bonds is 3. The van der Waals surface area contributed by atoms with Crippen LogP contribution in [0.1, 0.15) is 21.9 Å². The summed E-state index contributed by atoms with van der Waals surface area (Å²) >= 11 is 0. The number of aryl methyl sites for hydroxylation is 1. The van der Waals surface area contributed by atoms with E-state index in [0.29, 0.717) is 12.2 Å². The van der Waals surface area contributed by atoms with Crippen molar-refractivity contribution in [1.29, 1.82) is 0 Å². The number of hydrogen-bond donors (Lipinski definition) is 2. The maximum atomic E-state index is 11.9. The van der Waals surface area contributed by atoms with E-state index in [2.05, 4.69) is 25.3 Å². The van der Waals surface area contributed by atoms with Gasteiger partial charge in [-0.2, -0.15) is 0 Å². The molecule has 20 heavy (non-hydrogen) atoms. The first-order valence-corrected chi connectivity index (χ1v) is 6.22. The van der Waals surface area contributed by atoms with Crippen LogP contribution < -0.4 is 5.32 Å². The number of carbonyl (C=O) groups excluding carboxylic acids is 1. The molecule has 2 N–H and O–H groups in total. The van der Waals surface area contributed by atoms with Crippen molar-refractivity contribution >= 4 is 16.9 Å². The summed E-state index contributed by atoms with van der Waals surface area (Å²) in [6.07, 6.45) is 4.47. The highest BCUT2D eigenvalue weighted by Crippen LogP contribution is 2.13. The fourth-order valence-electron chi connectivity index (χ4n) is 1.98. The number of fused-ring (bicyclic) bond motifs is 1. The van der Waals surface area contributed by atoms with Crippen molar-refractivity contribution in [2.75, 3.05) is 0 Å². The van der Waals surface area contributed by atoms with Crippen LogP contribution in [-0.2, 0) is 6.54 Å². The Labute approximate surface area is 115 Å². The summed E-state index contributed by atoms with van der Waals surface area (Å²) < 4.78 is 0. The smallest absolute Gasteiger partial charge is 0.271 e. The third-order valence-electron chi connectivity index (χ3n) is 2.91. The van der Waals surface area contributed by atoms with Gasteiger partial charge in [-0.25, -0.2) is 9.97 Å². The average Bonchev–Trinajstić information content (AvgIpc) is 2.85. The number of nitrogens with zero attached hydrogens (tertiary/aromatic N) is 3. The van der Waals surface area contributed by atoms with Crippen molar-refractivity contribution in [3.8, 4) is 0 Å². The van der Waals surface area contributed by atoms with Gasteiger partial charge in [0.25, 0.3) is 5.91 Å². The van der Waals surface area contributed by atoms with Crippen molar-refractivity contribution in [1.82, 2.24) is 25.3 Å². The number of amides is 1. The largest absolute Gasteiger partial charge is 0.347 e. The van der Waals surface area contributed by atoms with E-state index in [-0.39, 0.29) is 5.91 Å². The monoisotopic (exact) mass is 267 g/mol. The van der Waals surface area contributed by atoms with Crippen LogP contribution in [0, 0.1) is 6.92 Å². The normalized spacial score (nSPS) is 10.7. The van der Waals surface area contributed by atoms with Crippen LogP contribution in [0.5, 0.6) is 0 Å². The third-order valence-corrected chi connectivity index (χ3v) is 2.91. The van der Waals surface area contributed by atoms with Crippen LogP contribution >= 0.6 is 0 Å². The zero-order valence-corrected chi connectivity index (χ0v) is 10.9. The zero-order chi connectivity index (χ0) is 13.9. The lowest BCUT2D eigenvalue weighted by atomic mass is 10.2. The topological polar surface area (TPSA) is 83.6 Å². The molecule has 3 aromatic rings. The molecule has 6 nitrogen and oxygen atoms in total. The second-order valence-corrected chi connectivity index (χ2v) is 4.45. The van der Waals surface area contributed by atoms with Gasteiger partial charge in [0.2, 0.25) is 0 Å². The summed E-state index contributed by atoms with van der Waals surface area (Å²) in [5, 5.41) is 2.81. The van der Waals surface area contributed by atoms with E-state index in [9.17, 15) is 4.79 Å². The van der Waals surface area contributed by atoms with Gasteiger partial charge in [-0.05, 0) is 24.6 Å². The summed E-state index contributed by atoms with van der Waals surface area (Å²) in [5.74, 6) is 0.639. The predicted octanol–water partition coefficient (Wildman–Crippen LogP) is 1.59. The summed E-state index contributed by atoms with van der Waals surface area (Å²) in [7, 11) is 0. The maximum Gasteiger partial charge on any atom is 0.271 e. The van der Waals surface area contributed by atoms with E-state index in [4.69, 9.17) is 0 Å². The number of nitrogens with one attached hydrogen (secondary N) is 2. The molecule has 0 fully saturated rings. The average molecular weight is 267 g/mol. The molecule has 0 aliphatic carbocycles. The molecule has 0 saturated heterocycles. The molecule has 0 aliphatic rings. The molecular formula is C14H13N5O. The Hall–Kier alpha value is -2.76. The number of imidazole rings is 1. The number of aromatic amines is 1. The Morgan fingerprint density at radius 2 is 2.25 bits per heavy atom. The summed E-state index contributed by atoms with van der Waals surface area (Å²) in [6.45, 7) is 2.35. The van der Waals surface area contributed by atoms with Crippen LogP contribution in [-0.4, -0.2) is 25.8 Å². The first-order valence-electron chi connectivity index (χ1n) is 6.22. The number of benzene rings is 1. The summed E-state index contributed by atoms with van der Waals surface area (Å²) in [4.78, 5) is 27.2. The standard InChI is InChI=1S/C14H13N5O/c1-9-18-11-3-2-10(6-12(11)19-9)7-17-14(20)13-8-15-4-5-16-13/h2-6,8H,7H2,1H3,(H,17,20)(H,18,19). The van der Waals surface area contributed by atoms with Gasteiger partial charge >= 0.3 is 0 Å². The zero-order valence-electron chi connectivity index (χ0n) is 10.9. The molecule has 1 amide bonds. The van der Waals surface area contributed by atoms with Gasteiger partial charge in [0, 0.05) is 18.9 Å². The molecule has 2 aromatic heterocycles. The SMILES string of the molecule is Cc1nc2ccc(CNC(=O)c3cnccn3)cc2[nH]1. The predicted molar refractivity (Wildman–Crippen MR) is 74.0 cm³/mol. The minimum absolute atomic E-state index is 0.237. The Morgan fingerprint density at radius 3 is 3.05 bits per heavy atom. The van der Waals surface area contributed by atoms with Gasteiger partial charge in [0.15, 0.2) is 0 Å². The Morgan fingerprint density at radius 1 is 1.35 bits per heavy atom. The number of aromatic nitrogens is 4. The number of hydrogen-bond acceptors (Lipinski definition) is 4. The molecule has 0 spiro atoms. The van der Waals surface area contributed by atoms with E-state index in [0.717, 1.165) is 22.4 Å². The Kier molecular flexibility index (Phi) is 3.12. The van der Waals surface area contributed by atoms with E-state index >= 15 is 0 Å². The molecule has 3 rings (SSSR count). The summed E-state index contributed by atoms with van der Waals surface area (Å²) in [5.41, 5.74) is 3.20. The highest BCUT2D eigenvalue weighted by molar-refractivity contribution is 5.91. The van der Waals surface area contributed by atoms with Crippen molar-refractivity contribution in [2.45, 2.75) is 13.5 Å². The molecule has 1 aromatic carbocycles. The van der Waals surface area contributed by atoms with Gasteiger partial charge in [-0.3, -0.25) is 9.78 Å². The second kappa shape index (κ2) is 5.08. The third kappa shape index (κ3) is 2.49. The molecule has 0 aliphatic heterocycles. The van der Waals surface area contributed by atoms with Gasteiger partial charge < -0.3 is 10.3 Å². The molecule has 2 heterocycles. The Balaban J connectivity index is 1.72. The Bertz CT molecular complexity index is 751. The fourth-order valence-corrected chi connectivity index (χ4v) is 1.98. The van der Waals surface area contributed by atoms with Gasteiger partial charge in [-0.1, -0.05) is 6.07 Å². The lowest BCUT2D eigenvalue weighted by Crippen LogP contribution is -2.23. The molecule has 0 atom stereocenters. The van der Waals surface area contributed by atoms with Crippen molar-refractivity contribution in [3.05, 3.63) is 53.9 Å². The lowest BCUT2D eigenvalue weighted by molar-refractivity contribution is 0.0945. The van der Waals surface area contributed by atoms with Crippen molar-refractivity contribution in [2.24, 2.45) is 0 Å². The van der Waals surface area contributed by atoms with E-state index in [1.807, 2.05) is 25.1 Å². The molecular weight excluding hydrogens is 254 g/mol. The number of carbonyl (C=O) groups is 1. The van der Waals surface area contributed by atoms with Crippen LogP contribution in [0.2, 0.25) is 0 Å². The molecule has 100 valence electrons. The van der Waals surface area contributed by atoms with Crippen LogP contribution in [0.3, 0.4) is 0 Å². The minimum atomic E-state index is -0.237. The molecule has 6 heteroatoms. The quantitative estimate of drug-likeness (QED) is 0.754. The minimum Gasteiger partial charge on any atom is -0.347 e. The van der Waals surface area contributed by atoms with Gasteiger partial charge in [0.1, 0.15) is 11.5 Å². The van der Waals surface area contributed by atoms with Crippen molar-refractivity contribution in [3.63, 3.8) is 0 Å². The van der Waals surface area contributed by atoms with Crippen LogP contribution in [0.25, 0.3) is 11.0 Å². The molecule has 0 saturated carbocycles. The first kappa shape index (κ1) is 12.3. The maximum absolute atomic E-state index is 11.9. The molecule has 0 unspecified atom stereocenters.